The highest BCUT2D eigenvalue weighted by Gasteiger charge is 2.38. The third-order valence-electron chi connectivity index (χ3n) is 7.41. The number of aliphatic hydroxyl groups is 1. The molecule has 0 radical (unpaired) electrons. The van der Waals surface area contributed by atoms with Crippen molar-refractivity contribution in [1.29, 1.82) is 0 Å². The highest BCUT2D eigenvalue weighted by Crippen LogP contribution is 2.34. The van der Waals surface area contributed by atoms with Crippen LogP contribution in [0.25, 0.3) is 0 Å². The van der Waals surface area contributed by atoms with Gasteiger partial charge in [0.05, 0.1) is 18.7 Å². The van der Waals surface area contributed by atoms with Gasteiger partial charge in [-0.2, -0.15) is 0 Å². The highest BCUT2D eigenvalue weighted by atomic mass is 19.1. The maximum Gasteiger partial charge on any atom is 0.246 e. The van der Waals surface area contributed by atoms with E-state index in [-0.39, 0.29) is 24.1 Å². The quantitative estimate of drug-likeness (QED) is 0.206. The molecule has 0 spiro atoms. The van der Waals surface area contributed by atoms with Crippen molar-refractivity contribution in [3.05, 3.63) is 41.5 Å². The molecule has 9 nitrogen and oxygen atoms in total. The summed E-state index contributed by atoms with van der Waals surface area (Å²) < 4.78 is 20.0. The lowest BCUT2D eigenvalue weighted by Gasteiger charge is -2.34. The number of imide groups is 1. The van der Waals surface area contributed by atoms with Crippen molar-refractivity contribution in [2.45, 2.75) is 76.4 Å². The number of piperidine rings is 1. The van der Waals surface area contributed by atoms with E-state index in [1.807, 2.05) is 25.1 Å². The van der Waals surface area contributed by atoms with Crippen molar-refractivity contribution in [3.63, 3.8) is 0 Å². The third-order valence-corrected chi connectivity index (χ3v) is 7.41. The predicted molar refractivity (Wildman–Crippen MR) is 133 cm³/mol. The van der Waals surface area contributed by atoms with Crippen LogP contribution in [-0.4, -0.2) is 47.2 Å². The van der Waals surface area contributed by atoms with E-state index in [0.29, 0.717) is 43.9 Å². The van der Waals surface area contributed by atoms with Gasteiger partial charge in [-0.25, -0.2) is 4.39 Å². The smallest absolute Gasteiger partial charge is 0.246 e. The summed E-state index contributed by atoms with van der Waals surface area (Å²) in [4.78, 5) is 23.5. The van der Waals surface area contributed by atoms with Gasteiger partial charge in [0.2, 0.25) is 11.8 Å². The van der Waals surface area contributed by atoms with Gasteiger partial charge >= 0.3 is 0 Å². The fraction of sp³-hybridized carbons (Fsp3) is 0.615. The minimum Gasteiger partial charge on any atom is -0.490 e. The largest absolute Gasteiger partial charge is 0.490 e. The summed E-state index contributed by atoms with van der Waals surface area (Å²) in [5.41, 5.74) is 5.78. The Hall–Kier alpha value is -2.69. The minimum atomic E-state index is -1.20. The molecule has 4 rings (SSSR count). The fourth-order valence-electron chi connectivity index (χ4n) is 4.52. The Labute approximate surface area is 211 Å². The lowest BCUT2D eigenvalue weighted by Crippen LogP contribution is -2.59. The van der Waals surface area contributed by atoms with Gasteiger partial charge < -0.3 is 20.6 Å². The van der Waals surface area contributed by atoms with E-state index in [1.165, 1.54) is 6.07 Å². The average molecular weight is 504 g/mol. The molecule has 36 heavy (non-hydrogen) atoms. The number of carbonyl (C=O) groups excluding carboxylic acids is 2. The molecular formula is C26H38FN5O4. The predicted octanol–water partition coefficient (Wildman–Crippen LogP) is 2.33. The Balaban J connectivity index is 1.28. The first kappa shape index (κ1) is 26.4. The molecule has 1 unspecified atom stereocenters. The SMILES string of the molecule is CC[C@@](O)(CN1NNC=C1CCCCNC1(C)CCC(=O)NC1=O)c1ccc(F)c(OCC2CC2)c1. The number of nitrogens with one attached hydrogen (secondary N) is 4. The van der Waals surface area contributed by atoms with Crippen molar-refractivity contribution in [1.82, 2.24) is 26.6 Å². The number of hydrogen-bond acceptors (Lipinski definition) is 8. The molecule has 0 aromatic heterocycles. The number of hydrazine groups is 2. The Bertz CT molecular complexity index is 1000. The molecule has 1 aliphatic carbocycles. The molecule has 5 N–H and O–H groups in total. The van der Waals surface area contributed by atoms with E-state index in [9.17, 15) is 19.1 Å². The summed E-state index contributed by atoms with van der Waals surface area (Å²) in [6.07, 6.45) is 7.88. The normalized spacial score (nSPS) is 23.7. The van der Waals surface area contributed by atoms with Gasteiger partial charge in [0.25, 0.3) is 0 Å². The van der Waals surface area contributed by atoms with E-state index >= 15 is 0 Å². The summed E-state index contributed by atoms with van der Waals surface area (Å²) in [5.74, 6) is -0.210. The fourth-order valence-corrected chi connectivity index (χ4v) is 4.52. The molecular weight excluding hydrogens is 465 g/mol. The van der Waals surface area contributed by atoms with Crippen LogP contribution < -0.4 is 26.3 Å². The second-order valence-electron chi connectivity index (χ2n) is 10.4. The first-order valence-electron chi connectivity index (χ1n) is 12.9. The number of β-amino-alcohol motifs (C(OH)–C–C–N with tert-alkyl or cyclic N) is 1. The number of nitrogens with zero attached hydrogens (tertiary/aromatic N) is 1. The van der Waals surface area contributed by atoms with E-state index in [4.69, 9.17) is 4.74 Å². The zero-order valence-corrected chi connectivity index (χ0v) is 21.2. The third kappa shape index (κ3) is 6.35. The van der Waals surface area contributed by atoms with Gasteiger partial charge in [0.15, 0.2) is 11.6 Å². The summed E-state index contributed by atoms with van der Waals surface area (Å²) in [7, 11) is 0. The standard InChI is InChI=1S/C26H38FN5O4/c1-3-26(35,19-9-10-21(27)22(14-19)36-16-18-7-8-18)17-32-20(15-29-31-32)6-4-5-13-28-25(2)12-11-23(33)30-24(25)34/h9-10,14-15,18,28-29,31,35H,3-8,11-13,16-17H2,1-2H3,(H,30,33,34)/t25?,26-/m1/s1. The van der Waals surface area contributed by atoms with Crippen LogP contribution in [-0.2, 0) is 15.2 Å². The molecule has 3 aliphatic rings. The van der Waals surface area contributed by atoms with Crippen molar-refractivity contribution in [2.75, 3.05) is 19.7 Å². The maximum atomic E-state index is 14.3. The van der Waals surface area contributed by atoms with E-state index in [2.05, 4.69) is 21.6 Å². The Morgan fingerprint density at radius 3 is 2.83 bits per heavy atom. The Morgan fingerprint density at radius 2 is 2.11 bits per heavy atom. The Kier molecular flexibility index (Phi) is 8.17. The zero-order chi connectivity index (χ0) is 25.8. The first-order valence-corrected chi connectivity index (χ1v) is 12.9. The van der Waals surface area contributed by atoms with E-state index in [0.717, 1.165) is 37.8 Å². The Morgan fingerprint density at radius 1 is 1.31 bits per heavy atom. The molecule has 0 bridgehead atoms. The molecule has 2 aliphatic heterocycles. The zero-order valence-electron chi connectivity index (χ0n) is 21.2. The molecule has 2 fully saturated rings. The van der Waals surface area contributed by atoms with E-state index in [1.54, 1.807) is 12.1 Å². The number of benzene rings is 1. The molecule has 1 aromatic carbocycles. The number of hydrogen-bond donors (Lipinski definition) is 5. The summed E-state index contributed by atoms with van der Waals surface area (Å²) in [6, 6.07) is 4.60. The van der Waals surface area contributed by atoms with Crippen molar-refractivity contribution in [3.8, 4) is 5.75 Å². The van der Waals surface area contributed by atoms with Crippen molar-refractivity contribution in [2.24, 2.45) is 5.92 Å². The monoisotopic (exact) mass is 503 g/mol. The first-order chi connectivity index (χ1) is 17.2. The second kappa shape index (κ2) is 11.1. The van der Waals surface area contributed by atoms with Gasteiger partial charge in [-0.05, 0) is 82.0 Å². The number of ether oxygens (including phenoxy) is 1. The van der Waals surface area contributed by atoms with E-state index < -0.39 is 17.0 Å². The van der Waals surface area contributed by atoms with Crippen LogP contribution >= 0.6 is 0 Å². The number of carbonyl (C=O) groups is 2. The van der Waals surface area contributed by atoms with Crippen molar-refractivity contribution >= 4 is 11.8 Å². The lowest BCUT2D eigenvalue weighted by atomic mass is 9.90. The number of rotatable bonds is 13. The molecule has 2 heterocycles. The topological polar surface area (TPSA) is 115 Å². The van der Waals surface area contributed by atoms with Crippen LogP contribution in [0.15, 0.2) is 30.1 Å². The van der Waals surface area contributed by atoms with Gasteiger partial charge in [-0.15, -0.1) is 5.53 Å². The molecule has 1 aromatic rings. The summed E-state index contributed by atoms with van der Waals surface area (Å²) >= 11 is 0. The second-order valence-corrected chi connectivity index (χ2v) is 10.4. The van der Waals surface area contributed by atoms with Gasteiger partial charge in [0, 0.05) is 18.3 Å². The van der Waals surface area contributed by atoms with Gasteiger partial charge in [-0.1, -0.05) is 13.0 Å². The molecule has 2 amide bonds. The maximum absolute atomic E-state index is 14.3. The van der Waals surface area contributed by atoms with Crippen LogP contribution in [0.2, 0.25) is 0 Å². The number of amides is 2. The van der Waals surface area contributed by atoms with Crippen LogP contribution in [0, 0.1) is 11.7 Å². The summed E-state index contributed by atoms with van der Waals surface area (Å²) in [5, 5.41) is 19.1. The number of allylic oxidation sites excluding steroid dienone is 1. The van der Waals surface area contributed by atoms with Crippen molar-refractivity contribution < 1.29 is 23.8 Å². The molecule has 2 atom stereocenters. The molecule has 1 saturated carbocycles. The van der Waals surface area contributed by atoms with Gasteiger partial charge in [-0.3, -0.25) is 19.9 Å². The van der Waals surface area contributed by atoms with Crippen LogP contribution in [0.4, 0.5) is 4.39 Å². The number of unbranched alkanes of at least 4 members (excludes halogenated alkanes) is 1. The minimum absolute atomic E-state index is 0.187. The highest BCUT2D eigenvalue weighted by molar-refractivity contribution is 6.02. The molecule has 198 valence electrons. The lowest BCUT2D eigenvalue weighted by molar-refractivity contribution is -0.138. The van der Waals surface area contributed by atoms with Crippen LogP contribution in [0.3, 0.4) is 0 Å². The molecule has 1 saturated heterocycles. The molecule has 10 heteroatoms. The van der Waals surface area contributed by atoms with Crippen LogP contribution in [0.5, 0.6) is 5.75 Å². The van der Waals surface area contributed by atoms with Crippen LogP contribution in [0.1, 0.15) is 70.8 Å². The average Bonchev–Trinajstić information content (AvgIpc) is 3.59. The summed E-state index contributed by atoms with van der Waals surface area (Å²) in [6.45, 7) is 5.17. The van der Waals surface area contributed by atoms with Gasteiger partial charge in [0.1, 0.15) is 5.60 Å². The number of halogens is 1.